The zero-order valence-corrected chi connectivity index (χ0v) is 11.5. The van der Waals surface area contributed by atoms with Crippen LogP contribution in [0.5, 0.6) is 0 Å². The monoisotopic (exact) mass is 279 g/mol. The number of rotatable bonds is 6. The Kier molecular flexibility index (Phi) is 5.90. The van der Waals surface area contributed by atoms with Gasteiger partial charge in [-0.05, 0) is 31.0 Å². The SMILES string of the molecule is CC/C=C(\C)C(=O)N[C@@H](CC(=O)O)c1ccc(F)cc1. The molecule has 2 N–H and O–H groups in total. The first-order valence-corrected chi connectivity index (χ1v) is 6.39. The maximum absolute atomic E-state index is 12.9. The van der Waals surface area contributed by atoms with Gasteiger partial charge in [0.15, 0.2) is 0 Å². The normalized spacial score (nSPS) is 12.8. The first kappa shape index (κ1) is 15.9. The highest BCUT2D eigenvalue weighted by molar-refractivity contribution is 5.93. The van der Waals surface area contributed by atoms with Crippen LogP contribution >= 0.6 is 0 Å². The van der Waals surface area contributed by atoms with Gasteiger partial charge in [0.2, 0.25) is 5.91 Å². The van der Waals surface area contributed by atoms with Crippen LogP contribution < -0.4 is 5.32 Å². The molecule has 0 aliphatic carbocycles. The van der Waals surface area contributed by atoms with Crippen molar-refractivity contribution in [3.63, 3.8) is 0 Å². The average Bonchev–Trinajstić information content (AvgIpc) is 2.38. The molecule has 0 fully saturated rings. The third kappa shape index (κ3) is 4.84. The summed E-state index contributed by atoms with van der Waals surface area (Å²) in [5, 5.41) is 11.6. The average molecular weight is 279 g/mol. The van der Waals surface area contributed by atoms with Gasteiger partial charge in [0.1, 0.15) is 5.82 Å². The number of nitrogens with one attached hydrogen (secondary N) is 1. The van der Waals surface area contributed by atoms with Gasteiger partial charge in [-0.25, -0.2) is 4.39 Å². The van der Waals surface area contributed by atoms with E-state index in [0.717, 1.165) is 6.42 Å². The van der Waals surface area contributed by atoms with Crippen LogP contribution in [0.3, 0.4) is 0 Å². The minimum atomic E-state index is -1.03. The molecule has 0 unspecified atom stereocenters. The van der Waals surface area contributed by atoms with Crippen molar-refractivity contribution in [2.45, 2.75) is 32.7 Å². The summed E-state index contributed by atoms with van der Waals surface area (Å²) in [6.07, 6.45) is 2.23. The van der Waals surface area contributed by atoms with Crippen LogP contribution in [0.25, 0.3) is 0 Å². The minimum absolute atomic E-state index is 0.253. The Morgan fingerprint density at radius 2 is 1.95 bits per heavy atom. The van der Waals surface area contributed by atoms with Crippen molar-refractivity contribution in [3.05, 3.63) is 47.3 Å². The summed E-state index contributed by atoms with van der Waals surface area (Å²) in [6, 6.07) is 4.75. The van der Waals surface area contributed by atoms with Crippen LogP contribution in [-0.4, -0.2) is 17.0 Å². The smallest absolute Gasteiger partial charge is 0.305 e. The van der Waals surface area contributed by atoms with Crippen molar-refractivity contribution >= 4 is 11.9 Å². The summed E-state index contributed by atoms with van der Waals surface area (Å²) in [4.78, 5) is 22.8. The molecule has 0 aliphatic rings. The lowest BCUT2D eigenvalue weighted by Gasteiger charge is -2.17. The first-order chi connectivity index (χ1) is 9.43. The van der Waals surface area contributed by atoms with E-state index in [2.05, 4.69) is 5.32 Å². The fourth-order valence-corrected chi connectivity index (χ4v) is 1.79. The summed E-state index contributed by atoms with van der Waals surface area (Å²) in [7, 11) is 0. The van der Waals surface area contributed by atoms with Crippen LogP contribution in [0.15, 0.2) is 35.9 Å². The van der Waals surface area contributed by atoms with Gasteiger partial charge in [-0.1, -0.05) is 25.1 Å². The molecular formula is C15H18FNO3. The molecule has 1 aromatic carbocycles. The standard InChI is InChI=1S/C15H18FNO3/c1-3-4-10(2)15(20)17-13(9-14(18)19)11-5-7-12(16)8-6-11/h4-8,13H,3,9H2,1-2H3,(H,17,20)(H,18,19)/b10-4+/t13-/m0/s1. The molecule has 0 heterocycles. The van der Waals surface area contributed by atoms with Crippen LogP contribution in [0.2, 0.25) is 0 Å². The highest BCUT2D eigenvalue weighted by atomic mass is 19.1. The van der Waals surface area contributed by atoms with E-state index in [-0.39, 0.29) is 12.3 Å². The van der Waals surface area contributed by atoms with Crippen molar-refractivity contribution in [1.29, 1.82) is 0 Å². The largest absolute Gasteiger partial charge is 0.481 e. The molecule has 0 bridgehead atoms. The highest BCUT2D eigenvalue weighted by Gasteiger charge is 2.18. The molecule has 1 aromatic rings. The summed E-state index contributed by atoms with van der Waals surface area (Å²) in [6.45, 7) is 3.58. The molecule has 1 rings (SSSR count). The zero-order chi connectivity index (χ0) is 15.1. The fraction of sp³-hybridized carbons (Fsp3) is 0.333. The number of amides is 1. The van der Waals surface area contributed by atoms with Gasteiger partial charge >= 0.3 is 5.97 Å². The summed E-state index contributed by atoms with van der Waals surface area (Å²) in [5.41, 5.74) is 1.09. The summed E-state index contributed by atoms with van der Waals surface area (Å²) < 4.78 is 12.9. The molecule has 108 valence electrons. The maximum Gasteiger partial charge on any atom is 0.305 e. The number of halogens is 1. The number of aliphatic carboxylic acids is 1. The Labute approximate surface area is 117 Å². The van der Waals surface area contributed by atoms with E-state index in [4.69, 9.17) is 5.11 Å². The summed E-state index contributed by atoms with van der Waals surface area (Å²) in [5.74, 6) is -1.75. The topological polar surface area (TPSA) is 66.4 Å². The second-order valence-electron chi connectivity index (χ2n) is 4.47. The molecule has 0 aromatic heterocycles. The predicted octanol–water partition coefficient (Wildman–Crippen LogP) is 2.81. The van der Waals surface area contributed by atoms with E-state index in [9.17, 15) is 14.0 Å². The van der Waals surface area contributed by atoms with E-state index in [1.54, 1.807) is 13.0 Å². The minimum Gasteiger partial charge on any atom is -0.481 e. The molecule has 0 aliphatic heterocycles. The number of allylic oxidation sites excluding steroid dienone is 1. The molecule has 4 nitrogen and oxygen atoms in total. The number of carbonyl (C=O) groups is 2. The second kappa shape index (κ2) is 7.43. The van der Waals surface area contributed by atoms with Crippen LogP contribution in [0.1, 0.15) is 38.3 Å². The number of carboxylic acid groups (broad SMARTS) is 1. The van der Waals surface area contributed by atoms with Crippen molar-refractivity contribution in [2.75, 3.05) is 0 Å². The lowest BCUT2D eigenvalue weighted by Crippen LogP contribution is -2.30. The molecule has 0 saturated carbocycles. The number of carbonyl (C=O) groups excluding carboxylic acids is 1. The highest BCUT2D eigenvalue weighted by Crippen LogP contribution is 2.18. The van der Waals surface area contributed by atoms with Crippen LogP contribution in [0, 0.1) is 5.82 Å². The van der Waals surface area contributed by atoms with Crippen molar-refractivity contribution in [2.24, 2.45) is 0 Å². The van der Waals surface area contributed by atoms with E-state index in [1.165, 1.54) is 24.3 Å². The molecule has 1 amide bonds. The van der Waals surface area contributed by atoms with Crippen molar-refractivity contribution in [1.82, 2.24) is 5.32 Å². The molecule has 0 saturated heterocycles. The molecule has 20 heavy (non-hydrogen) atoms. The third-order valence-corrected chi connectivity index (χ3v) is 2.82. The number of hydrogen-bond acceptors (Lipinski definition) is 2. The Morgan fingerprint density at radius 3 is 2.45 bits per heavy atom. The Balaban J connectivity index is 2.90. The molecule has 0 radical (unpaired) electrons. The maximum atomic E-state index is 12.9. The van der Waals surface area contributed by atoms with Gasteiger partial charge in [0.05, 0.1) is 12.5 Å². The molecule has 5 heteroatoms. The van der Waals surface area contributed by atoms with Gasteiger partial charge in [-0.3, -0.25) is 9.59 Å². The predicted molar refractivity (Wildman–Crippen MR) is 73.6 cm³/mol. The lowest BCUT2D eigenvalue weighted by molar-refractivity contribution is -0.137. The summed E-state index contributed by atoms with van der Waals surface area (Å²) >= 11 is 0. The van der Waals surface area contributed by atoms with Crippen molar-refractivity contribution < 1.29 is 19.1 Å². The van der Waals surface area contributed by atoms with Crippen LogP contribution in [-0.2, 0) is 9.59 Å². The van der Waals surface area contributed by atoms with Crippen molar-refractivity contribution in [3.8, 4) is 0 Å². The van der Waals surface area contributed by atoms with E-state index >= 15 is 0 Å². The molecular weight excluding hydrogens is 261 g/mol. The van der Waals surface area contributed by atoms with E-state index in [1.807, 2.05) is 6.92 Å². The van der Waals surface area contributed by atoms with Gasteiger partial charge in [0, 0.05) is 5.57 Å². The molecule has 1 atom stereocenters. The number of hydrogen-bond donors (Lipinski definition) is 2. The quantitative estimate of drug-likeness (QED) is 0.787. The molecule has 0 spiro atoms. The Bertz CT molecular complexity index is 508. The Hall–Kier alpha value is -2.17. The van der Waals surface area contributed by atoms with Gasteiger partial charge in [-0.15, -0.1) is 0 Å². The second-order valence-corrected chi connectivity index (χ2v) is 4.47. The Morgan fingerprint density at radius 1 is 1.35 bits per heavy atom. The lowest BCUT2D eigenvalue weighted by atomic mass is 10.0. The third-order valence-electron chi connectivity index (χ3n) is 2.82. The zero-order valence-electron chi connectivity index (χ0n) is 11.5. The van der Waals surface area contributed by atoms with E-state index in [0.29, 0.717) is 11.1 Å². The number of carboxylic acids is 1. The van der Waals surface area contributed by atoms with Gasteiger partial charge in [-0.2, -0.15) is 0 Å². The van der Waals surface area contributed by atoms with Gasteiger partial charge in [0.25, 0.3) is 0 Å². The van der Waals surface area contributed by atoms with Crippen LogP contribution in [0.4, 0.5) is 4.39 Å². The first-order valence-electron chi connectivity index (χ1n) is 6.39. The van der Waals surface area contributed by atoms with Gasteiger partial charge < -0.3 is 10.4 Å². The fourth-order valence-electron chi connectivity index (χ4n) is 1.79. The van der Waals surface area contributed by atoms with E-state index < -0.39 is 17.8 Å². The number of benzene rings is 1.